The summed E-state index contributed by atoms with van der Waals surface area (Å²) in [6, 6.07) is 21.4. The van der Waals surface area contributed by atoms with Crippen LogP contribution in [0.5, 0.6) is 17.2 Å². The van der Waals surface area contributed by atoms with Crippen LogP contribution in [0.1, 0.15) is 28.4 Å². The molecule has 4 aromatic carbocycles. The van der Waals surface area contributed by atoms with E-state index in [1.165, 1.54) is 6.21 Å². The quantitative estimate of drug-likeness (QED) is 0.173. The molecule has 2 amide bonds. The minimum absolute atomic E-state index is 0.114. The highest BCUT2D eigenvalue weighted by atomic mass is 79.9. The monoisotopic (exact) mass is 575 g/mol. The lowest BCUT2D eigenvalue weighted by molar-refractivity contribution is -0.118. The summed E-state index contributed by atoms with van der Waals surface area (Å²) >= 11 is 3.47. The maximum Gasteiger partial charge on any atom is 0.275 e. The molecule has 0 aliphatic carbocycles. The lowest BCUT2D eigenvalue weighted by atomic mass is 10.1. The number of carbonyl (C=O) groups is 2. The number of nitrogens with zero attached hydrogens (tertiary/aromatic N) is 1. The molecular weight excluding hydrogens is 550 g/mol. The van der Waals surface area contributed by atoms with Gasteiger partial charge in [-0.05, 0) is 76.9 Å². The first kappa shape index (κ1) is 26.7. The molecule has 4 aromatic rings. The van der Waals surface area contributed by atoms with Crippen LogP contribution in [-0.2, 0) is 4.79 Å². The summed E-state index contributed by atoms with van der Waals surface area (Å²) < 4.78 is 12.0. The van der Waals surface area contributed by atoms with Gasteiger partial charge >= 0.3 is 0 Å². The maximum atomic E-state index is 12.6. The van der Waals surface area contributed by atoms with Crippen LogP contribution in [0, 0.1) is 6.92 Å². The minimum Gasteiger partial charge on any atom is -0.507 e. The zero-order valence-corrected chi connectivity index (χ0v) is 22.4. The van der Waals surface area contributed by atoms with Crippen LogP contribution in [0.15, 0.2) is 82.4 Å². The zero-order chi connectivity index (χ0) is 27.1. The van der Waals surface area contributed by atoms with Crippen molar-refractivity contribution in [2.45, 2.75) is 13.8 Å². The second-order valence-electron chi connectivity index (χ2n) is 8.37. The van der Waals surface area contributed by atoms with Gasteiger partial charge in [-0.2, -0.15) is 5.10 Å². The molecule has 0 aromatic heterocycles. The molecule has 0 fully saturated rings. The number of halogens is 1. The number of hydrogen-bond acceptors (Lipinski definition) is 6. The van der Waals surface area contributed by atoms with Crippen molar-refractivity contribution in [3.8, 4) is 17.2 Å². The molecule has 0 radical (unpaired) electrons. The fourth-order valence-corrected chi connectivity index (χ4v) is 4.06. The summed E-state index contributed by atoms with van der Waals surface area (Å²) in [4.78, 5) is 25.0. The number of amides is 2. The normalized spacial score (nSPS) is 10.9. The molecule has 0 aliphatic rings. The fourth-order valence-electron chi connectivity index (χ4n) is 3.64. The maximum absolute atomic E-state index is 12.6. The van der Waals surface area contributed by atoms with Gasteiger partial charge in [0.25, 0.3) is 11.8 Å². The highest BCUT2D eigenvalue weighted by Crippen LogP contribution is 2.33. The van der Waals surface area contributed by atoms with Crippen molar-refractivity contribution in [3.05, 3.63) is 94.0 Å². The summed E-state index contributed by atoms with van der Waals surface area (Å²) in [7, 11) is 0. The number of hydrazone groups is 1. The Morgan fingerprint density at radius 3 is 2.37 bits per heavy atom. The van der Waals surface area contributed by atoms with Gasteiger partial charge in [0.2, 0.25) is 0 Å². The predicted octanol–water partition coefficient (Wildman–Crippen LogP) is 5.80. The van der Waals surface area contributed by atoms with Crippen LogP contribution in [-0.4, -0.2) is 36.3 Å². The van der Waals surface area contributed by atoms with Crippen molar-refractivity contribution in [3.63, 3.8) is 0 Å². The third-order valence-corrected chi connectivity index (χ3v) is 6.22. The Morgan fingerprint density at radius 2 is 1.66 bits per heavy atom. The van der Waals surface area contributed by atoms with Gasteiger partial charge in [-0.3, -0.25) is 9.59 Å². The summed E-state index contributed by atoms with van der Waals surface area (Å²) in [6.07, 6.45) is 1.44. The number of anilines is 1. The lowest BCUT2D eigenvalue weighted by Gasteiger charge is -2.14. The van der Waals surface area contributed by atoms with Gasteiger partial charge in [0.1, 0.15) is 5.75 Å². The Bertz CT molecular complexity index is 1500. The molecule has 0 heterocycles. The molecule has 0 saturated carbocycles. The number of phenolic OH excluding ortho intramolecular Hbond substituents is 1. The van der Waals surface area contributed by atoms with Gasteiger partial charge in [-0.15, -0.1) is 0 Å². The van der Waals surface area contributed by atoms with Crippen molar-refractivity contribution in [1.29, 1.82) is 0 Å². The average Bonchev–Trinajstić information content (AvgIpc) is 2.90. The molecule has 0 spiro atoms. The van der Waals surface area contributed by atoms with E-state index in [-0.39, 0.29) is 23.8 Å². The number of hydrogen-bond donors (Lipinski definition) is 3. The van der Waals surface area contributed by atoms with E-state index in [1.807, 2.05) is 62.4 Å². The Morgan fingerprint density at radius 1 is 0.974 bits per heavy atom. The second-order valence-corrected chi connectivity index (χ2v) is 9.23. The molecule has 0 bridgehead atoms. The van der Waals surface area contributed by atoms with E-state index >= 15 is 0 Å². The van der Waals surface area contributed by atoms with E-state index in [0.717, 1.165) is 16.3 Å². The Labute approximate surface area is 228 Å². The fraction of sp³-hybridized carbons (Fsp3) is 0.138. The number of nitrogens with one attached hydrogen (secondary N) is 2. The first-order valence-electron chi connectivity index (χ1n) is 11.8. The summed E-state index contributed by atoms with van der Waals surface area (Å²) in [5.74, 6) is -0.203. The largest absolute Gasteiger partial charge is 0.507 e. The standard InChI is InChI=1S/C29H26BrN3O5/c1-3-37-26-14-21(16-31-33-29(36)23-12-19-6-4-5-7-20(19)13-25(23)34)24(30)15-27(26)38-17-28(35)32-22-10-8-18(2)9-11-22/h4-16,34H,3,17H2,1-2H3,(H,32,35)(H,33,36). The molecule has 194 valence electrons. The summed E-state index contributed by atoms with van der Waals surface area (Å²) in [6.45, 7) is 3.97. The van der Waals surface area contributed by atoms with Gasteiger partial charge in [0, 0.05) is 15.7 Å². The van der Waals surface area contributed by atoms with E-state index in [1.54, 1.807) is 24.3 Å². The smallest absolute Gasteiger partial charge is 0.275 e. The third kappa shape index (κ3) is 6.68. The van der Waals surface area contributed by atoms with Crippen LogP contribution in [0.25, 0.3) is 10.8 Å². The first-order chi connectivity index (χ1) is 18.3. The van der Waals surface area contributed by atoms with Crippen molar-refractivity contribution in [2.75, 3.05) is 18.5 Å². The van der Waals surface area contributed by atoms with Crippen LogP contribution in [0.4, 0.5) is 5.69 Å². The van der Waals surface area contributed by atoms with Crippen LogP contribution in [0.2, 0.25) is 0 Å². The van der Waals surface area contributed by atoms with Crippen LogP contribution >= 0.6 is 15.9 Å². The molecule has 4 rings (SSSR count). The average molecular weight is 576 g/mol. The highest BCUT2D eigenvalue weighted by molar-refractivity contribution is 9.10. The van der Waals surface area contributed by atoms with Crippen molar-refractivity contribution in [2.24, 2.45) is 5.10 Å². The van der Waals surface area contributed by atoms with Gasteiger partial charge in [0.05, 0.1) is 18.4 Å². The van der Waals surface area contributed by atoms with Crippen LogP contribution in [0.3, 0.4) is 0 Å². The topological polar surface area (TPSA) is 109 Å². The van der Waals surface area contributed by atoms with Crippen molar-refractivity contribution in [1.82, 2.24) is 5.43 Å². The number of rotatable bonds is 9. The zero-order valence-electron chi connectivity index (χ0n) is 20.8. The number of phenols is 1. The number of aromatic hydroxyl groups is 1. The molecule has 8 nitrogen and oxygen atoms in total. The molecule has 0 atom stereocenters. The van der Waals surface area contributed by atoms with E-state index < -0.39 is 5.91 Å². The molecule has 3 N–H and O–H groups in total. The second kappa shape index (κ2) is 12.2. The molecule has 0 saturated heterocycles. The molecule has 0 unspecified atom stereocenters. The predicted molar refractivity (Wildman–Crippen MR) is 151 cm³/mol. The third-order valence-electron chi connectivity index (χ3n) is 5.54. The number of carbonyl (C=O) groups excluding carboxylic acids is 2. The van der Waals surface area contributed by atoms with Gasteiger partial charge in [-0.1, -0.05) is 42.0 Å². The van der Waals surface area contributed by atoms with E-state index in [2.05, 4.69) is 31.8 Å². The van der Waals surface area contributed by atoms with Crippen molar-refractivity contribution >= 4 is 50.4 Å². The Hall–Kier alpha value is -4.37. The van der Waals surface area contributed by atoms with Gasteiger partial charge < -0.3 is 19.9 Å². The first-order valence-corrected chi connectivity index (χ1v) is 12.6. The number of aryl methyl sites for hydroxylation is 1. The van der Waals surface area contributed by atoms with E-state index in [4.69, 9.17) is 9.47 Å². The number of ether oxygens (including phenoxy) is 2. The highest BCUT2D eigenvalue weighted by Gasteiger charge is 2.14. The van der Waals surface area contributed by atoms with E-state index in [0.29, 0.717) is 33.8 Å². The molecular formula is C29H26BrN3O5. The minimum atomic E-state index is -0.551. The summed E-state index contributed by atoms with van der Waals surface area (Å²) in [5, 5.41) is 18.7. The molecule has 0 aliphatic heterocycles. The van der Waals surface area contributed by atoms with Crippen molar-refractivity contribution < 1.29 is 24.2 Å². The Balaban J connectivity index is 1.43. The SMILES string of the molecule is CCOc1cc(C=NNC(=O)c2cc3ccccc3cc2O)c(Br)cc1OCC(=O)Nc1ccc(C)cc1. The lowest BCUT2D eigenvalue weighted by Crippen LogP contribution is -2.20. The summed E-state index contributed by atoms with van der Waals surface area (Å²) in [5.41, 5.74) is 4.93. The molecule has 9 heteroatoms. The van der Waals surface area contributed by atoms with E-state index in [9.17, 15) is 14.7 Å². The number of benzene rings is 4. The molecule has 38 heavy (non-hydrogen) atoms. The Kier molecular flexibility index (Phi) is 8.60. The van der Waals surface area contributed by atoms with Gasteiger partial charge in [-0.25, -0.2) is 5.43 Å². The van der Waals surface area contributed by atoms with Gasteiger partial charge in [0.15, 0.2) is 18.1 Å². The van der Waals surface area contributed by atoms with Crippen LogP contribution < -0.4 is 20.2 Å². The number of fused-ring (bicyclic) bond motifs is 1.